The third-order valence-electron chi connectivity index (χ3n) is 5.62. The zero-order chi connectivity index (χ0) is 23.9. The summed E-state index contributed by atoms with van der Waals surface area (Å²) in [4.78, 5) is 25.4. The van der Waals surface area contributed by atoms with Crippen molar-refractivity contribution in [2.75, 3.05) is 31.6 Å². The highest BCUT2D eigenvalue weighted by Gasteiger charge is 2.07. The van der Waals surface area contributed by atoms with Gasteiger partial charge in [0.05, 0.1) is 12.2 Å². The van der Waals surface area contributed by atoms with Gasteiger partial charge in [-0.15, -0.1) is 0 Å². The molecule has 0 aliphatic rings. The largest absolute Gasteiger partial charge is 0.478 e. The van der Waals surface area contributed by atoms with Gasteiger partial charge in [0.2, 0.25) is 0 Å². The first-order chi connectivity index (χ1) is 16.0. The van der Waals surface area contributed by atoms with E-state index in [0.29, 0.717) is 12.1 Å². The number of nitrogens with zero attached hydrogens (tertiary/aromatic N) is 1. The summed E-state index contributed by atoms with van der Waals surface area (Å²) in [5, 5.41) is 11.5. The lowest BCUT2D eigenvalue weighted by atomic mass is 10.1. The van der Waals surface area contributed by atoms with E-state index >= 15 is 0 Å². The second kappa shape index (κ2) is 15.1. The molecule has 0 bridgehead atoms. The molecule has 0 aromatic heterocycles. The number of hydrogen-bond acceptors (Lipinski definition) is 4. The summed E-state index contributed by atoms with van der Waals surface area (Å²) in [6.07, 6.45) is 7.38. The first-order valence-corrected chi connectivity index (χ1v) is 12.1. The number of benzene rings is 2. The van der Waals surface area contributed by atoms with Gasteiger partial charge in [-0.2, -0.15) is 0 Å². The molecule has 0 aliphatic heterocycles. The molecule has 0 saturated heterocycles. The van der Waals surface area contributed by atoms with Crippen molar-refractivity contribution in [3.63, 3.8) is 0 Å². The van der Waals surface area contributed by atoms with E-state index in [1.54, 1.807) is 0 Å². The SMILES string of the molecule is CCCCN(CCCC)CCCc1ccc(CCOC(=O)Nc2ccc(C(=O)O)cc2)cc1. The van der Waals surface area contributed by atoms with Crippen molar-refractivity contribution in [1.82, 2.24) is 4.90 Å². The van der Waals surface area contributed by atoms with Crippen molar-refractivity contribution in [2.45, 2.75) is 58.8 Å². The van der Waals surface area contributed by atoms with E-state index in [2.05, 4.69) is 48.3 Å². The molecule has 0 saturated carbocycles. The number of aryl methyl sites for hydroxylation is 1. The Morgan fingerprint density at radius 3 is 1.91 bits per heavy atom. The van der Waals surface area contributed by atoms with Crippen LogP contribution in [0, 0.1) is 0 Å². The molecular formula is C27H38N2O4. The maximum Gasteiger partial charge on any atom is 0.411 e. The third kappa shape index (κ3) is 10.5. The molecule has 6 heteroatoms. The minimum Gasteiger partial charge on any atom is -0.478 e. The van der Waals surface area contributed by atoms with Gasteiger partial charge in [0, 0.05) is 12.1 Å². The minimum absolute atomic E-state index is 0.169. The predicted molar refractivity (Wildman–Crippen MR) is 133 cm³/mol. The molecule has 1 amide bonds. The highest BCUT2D eigenvalue weighted by Crippen LogP contribution is 2.11. The standard InChI is InChI=1S/C27H38N2O4/c1-3-5-18-29(19-6-4-2)20-7-8-22-9-11-23(12-10-22)17-21-33-27(32)28-25-15-13-24(14-16-25)26(30)31/h9-16H,3-8,17-21H2,1-2H3,(H,28,32)(H,30,31). The molecule has 2 aromatic carbocycles. The monoisotopic (exact) mass is 454 g/mol. The fourth-order valence-electron chi connectivity index (χ4n) is 3.59. The van der Waals surface area contributed by atoms with Crippen LogP contribution in [0.3, 0.4) is 0 Å². The number of carbonyl (C=O) groups is 2. The van der Waals surface area contributed by atoms with Crippen LogP contribution in [0.15, 0.2) is 48.5 Å². The van der Waals surface area contributed by atoms with Crippen molar-refractivity contribution in [3.05, 3.63) is 65.2 Å². The van der Waals surface area contributed by atoms with Crippen LogP contribution in [0.1, 0.15) is 67.4 Å². The van der Waals surface area contributed by atoms with Gasteiger partial charge in [-0.3, -0.25) is 5.32 Å². The quantitative estimate of drug-likeness (QED) is 0.344. The van der Waals surface area contributed by atoms with E-state index in [1.807, 2.05) is 0 Å². The molecule has 0 radical (unpaired) electrons. The van der Waals surface area contributed by atoms with E-state index in [4.69, 9.17) is 9.84 Å². The number of carbonyl (C=O) groups excluding carboxylic acids is 1. The summed E-state index contributed by atoms with van der Waals surface area (Å²) in [5.41, 5.74) is 3.14. The van der Waals surface area contributed by atoms with E-state index in [-0.39, 0.29) is 12.2 Å². The lowest BCUT2D eigenvalue weighted by Gasteiger charge is -2.21. The molecule has 2 aromatic rings. The van der Waals surface area contributed by atoms with Crippen LogP contribution in [-0.4, -0.2) is 48.3 Å². The number of ether oxygens (including phenoxy) is 1. The van der Waals surface area contributed by atoms with Crippen LogP contribution in [0.25, 0.3) is 0 Å². The van der Waals surface area contributed by atoms with Crippen molar-refractivity contribution in [3.8, 4) is 0 Å². The molecule has 0 atom stereocenters. The molecule has 0 fully saturated rings. The Kier molecular flexibility index (Phi) is 12.0. The summed E-state index contributed by atoms with van der Waals surface area (Å²) in [6.45, 7) is 8.34. The molecule has 0 spiro atoms. The summed E-state index contributed by atoms with van der Waals surface area (Å²) >= 11 is 0. The van der Waals surface area contributed by atoms with E-state index in [1.165, 1.54) is 75.0 Å². The maximum atomic E-state index is 11.9. The molecule has 0 unspecified atom stereocenters. The molecule has 0 heterocycles. The zero-order valence-electron chi connectivity index (χ0n) is 20.0. The fourth-order valence-corrected chi connectivity index (χ4v) is 3.59. The predicted octanol–water partition coefficient (Wildman–Crippen LogP) is 6.01. The zero-order valence-corrected chi connectivity index (χ0v) is 20.0. The van der Waals surface area contributed by atoms with Gasteiger partial charge in [0.1, 0.15) is 0 Å². The summed E-state index contributed by atoms with van der Waals surface area (Å²) < 4.78 is 5.24. The number of anilines is 1. The van der Waals surface area contributed by atoms with Crippen LogP contribution in [0.5, 0.6) is 0 Å². The van der Waals surface area contributed by atoms with Gasteiger partial charge in [-0.1, -0.05) is 51.0 Å². The number of amides is 1. The normalized spacial score (nSPS) is 10.9. The van der Waals surface area contributed by atoms with Gasteiger partial charge >= 0.3 is 12.1 Å². The van der Waals surface area contributed by atoms with Crippen LogP contribution in [-0.2, 0) is 17.6 Å². The Balaban J connectivity index is 1.67. The number of rotatable bonds is 15. The van der Waals surface area contributed by atoms with E-state index in [0.717, 1.165) is 18.5 Å². The number of carboxylic acid groups (broad SMARTS) is 1. The van der Waals surface area contributed by atoms with Gasteiger partial charge in [-0.25, -0.2) is 9.59 Å². The topological polar surface area (TPSA) is 78.9 Å². The molecule has 2 N–H and O–H groups in total. The average molecular weight is 455 g/mol. The fraction of sp³-hybridized carbons (Fsp3) is 0.481. The molecule has 180 valence electrons. The molecule has 6 nitrogen and oxygen atoms in total. The molecule has 2 rings (SSSR count). The molecular weight excluding hydrogens is 416 g/mol. The van der Waals surface area contributed by atoms with Gasteiger partial charge in [0.15, 0.2) is 0 Å². The Bertz CT molecular complexity index is 826. The first-order valence-electron chi connectivity index (χ1n) is 12.1. The van der Waals surface area contributed by atoms with Crippen LogP contribution in [0.4, 0.5) is 10.5 Å². The van der Waals surface area contributed by atoms with Crippen molar-refractivity contribution >= 4 is 17.7 Å². The summed E-state index contributed by atoms with van der Waals surface area (Å²) in [5.74, 6) is -1.00. The molecule has 33 heavy (non-hydrogen) atoms. The maximum absolute atomic E-state index is 11.9. The van der Waals surface area contributed by atoms with Gasteiger partial charge in [-0.05, 0) is 80.7 Å². The number of nitrogens with one attached hydrogen (secondary N) is 1. The van der Waals surface area contributed by atoms with Gasteiger partial charge < -0.3 is 14.7 Å². The minimum atomic E-state index is -1.00. The second-order valence-electron chi connectivity index (χ2n) is 8.36. The lowest BCUT2D eigenvalue weighted by Crippen LogP contribution is -2.27. The Morgan fingerprint density at radius 2 is 1.36 bits per heavy atom. The Labute approximate surface area is 198 Å². The van der Waals surface area contributed by atoms with Crippen LogP contribution < -0.4 is 5.32 Å². The van der Waals surface area contributed by atoms with Gasteiger partial charge in [0.25, 0.3) is 0 Å². The van der Waals surface area contributed by atoms with Crippen molar-refractivity contribution in [1.29, 1.82) is 0 Å². The molecule has 0 aliphatic carbocycles. The van der Waals surface area contributed by atoms with Crippen LogP contribution >= 0.6 is 0 Å². The summed E-state index contributed by atoms with van der Waals surface area (Å²) in [6, 6.07) is 14.5. The second-order valence-corrected chi connectivity index (χ2v) is 8.36. The Hall–Kier alpha value is -2.86. The first kappa shape index (κ1) is 26.4. The van der Waals surface area contributed by atoms with Crippen molar-refractivity contribution in [2.24, 2.45) is 0 Å². The van der Waals surface area contributed by atoms with E-state index < -0.39 is 12.1 Å². The van der Waals surface area contributed by atoms with E-state index in [9.17, 15) is 9.59 Å². The number of unbranched alkanes of at least 4 members (excludes halogenated alkanes) is 2. The number of hydrogen-bond donors (Lipinski definition) is 2. The van der Waals surface area contributed by atoms with Crippen LogP contribution in [0.2, 0.25) is 0 Å². The van der Waals surface area contributed by atoms with Crippen molar-refractivity contribution < 1.29 is 19.4 Å². The number of carboxylic acids is 1. The highest BCUT2D eigenvalue weighted by molar-refractivity contribution is 5.89. The lowest BCUT2D eigenvalue weighted by molar-refractivity contribution is 0.0697. The average Bonchev–Trinajstić information content (AvgIpc) is 2.81. The third-order valence-corrected chi connectivity index (χ3v) is 5.62. The smallest absolute Gasteiger partial charge is 0.411 e. The Morgan fingerprint density at radius 1 is 0.818 bits per heavy atom. The summed E-state index contributed by atoms with van der Waals surface area (Å²) in [7, 11) is 0. The highest BCUT2D eigenvalue weighted by atomic mass is 16.5. The number of aromatic carboxylic acids is 1.